The van der Waals surface area contributed by atoms with Crippen LogP contribution in [0.5, 0.6) is 5.75 Å². The lowest BCUT2D eigenvalue weighted by Gasteiger charge is -2.72. The fraction of sp³-hybridized carbons (Fsp3) is 0.711. The summed E-state index contributed by atoms with van der Waals surface area (Å²) in [6.45, 7) is 19.8. The van der Waals surface area contributed by atoms with Crippen LogP contribution in [0, 0.1) is 56.7 Å². The van der Waals surface area contributed by atoms with E-state index >= 15 is 0 Å². The van der Waals surface area contributed by atoms with E-state index in [-0.39, 0.29) is 32.6 Å². The molecule has 9 atom stereocenters. The Morgan fingerprint density at radius 1 is 0.976 bits per heavy atom. The maximum atomic E-state index is 11.8. The lowest BCUT2D eigenvalue weighted by molar-refractivity contribution is -0.228. The van der Waals surface area contributed by atoms with Gasteiger partial charge in [-0.2, -0.15) is 0 Å². The third kappa shape index (κ3) is 3.78. The number of aliphatic hydroxyl groups is 1. The third-order valence-electron chi connectivity index (χ3n) is 14.9. The van der Waals surface area contributed by atoms with Crippen LogP contribution >= 0.6 is 0 Å². The molecule has 4 saturated carbocycles. The van der Waals surface area contributed by atoms with Crippen LogP contribution in [0.15, 0.2) is 36.4 Å². The summed E-state index contributed by atoms with van der Waals surface area (Å²) < 4.78 is 5.52. The van der Waals surface area contributed by atoms with Crippen molar-refractivity contribution in [3.05, 3.63) is 47.6 Å². The Labute approximate surface area is 254 Å². The molecule has 6 rings (SSSR count). The SMILES string of the molecule is C=C(C)[C@@H]1CC[C@]2(CO)CC[C@]3(C)[C@H](CC[C@@H]4[C@@]5(C)CC=C(c6ccc(C(=O)O)c(OC)c6)C(C)(C)[C@@H]5CC[C@]43C)C12. The van der Waals surface area contributed by atoms with Crippen LogP contribution in [0.1, 0.15) is 115 Å². The van der Waals surface area contributed by atoms with Gasteiger partial charge in [0.05, 0.1) is 7.11 Å². The number of carboxylic acids is 1. The van der Waals surface area contributed by atoms with Gasteiger partial charge in [0, 0.05) is 6.61 Å². The lowest BCUT2D eigenvalue weighted by atomic mass is 9.32. The van der Waals surface area contributed by atoms with Crippen LogP contribution < -0.4 is 4.74 Å². The largest absolute Gasteiger partial charge is 0.496 e. The van der Waals surface area contributed by atoms with Crippen molar-refractivity contribution in [1.29, 1.82) is 0 Å². The van der Waals surface area contributed by atoms with Crippen molar-refractivity contribution >= 4 is 11.5 Å². The fourth-order valence-electron chi connectivity index (χ4n) is 12.7. The van der Waals surface area contributed by atoms with Crippen LogP contribution in [-0.2, 0) is 0 Å². The molecular weight excluding hydrogens is 520 g/mol. The van der Waals surface area contributed by atoms with Gasteiger partial charge in [-0.15, -0.1) is 0 Å². The predicted octanol–water partition coefficient (Wildman–Crippen LogP) is 9.04. The number of fused-ring (bicyclic) bond motifs is 7. The van der Waals surface area contributed by atoms with E-state index in [1.165, 1.54) is 49.7 Å². The van der Waals surface area contributed by atoms with Gasteiger partial charge in [0.1, 0.15) is 11.3 Å². The zero-order chi connectivity index (χ0) is 30.5. The number of benzene rings is 1. The standard InChI is InChI=1S/C38H54O4/c1-23(2)25-13-18-38(22-39)20-19-36(6)28(32(25)38)11-12-31-35(5)16-14-27(34(3,4)30(35)15-17-37(31,36)7)24-9-10-26(33(40)41)29(21-24)42-8/h9-10,14,21,25,28,30-32,39H,1,11-13,15-20,22H2,2-8H3,(H,40,41)/t25-,28+,30-,31+,32?,35-,36+,37+,38+/m0/s1. The first kappa shape index (κ1) is 30.0. The van der Waals surface area contributed by atoms with E-state index in [4.69, 9.17) is 4.74 Å². The molecule has 0 heterocycles. The number of aliphatic hydroxyl groups excluding tert-OH is 1. The number of allylic oxidation sites excluding steroid dienone is 3. The van der Waals surface area contributed by atoms with Crippen LogP contribution in [0.25, 0.3) is 5.57 Å². The average Bonchev–Trinajstić information content (AvgIpc) is 3.33. The van der Waals surface area contributed by atoms with Gasteiger partial charge in [-0.05, 0) is 145 Å². The van der Waals surface area contributed by atoms with Crippen molar-refractivity contribution < 1.29 is 19.7 Å². The summed E-state index contributed by atoms with van der Waals surface area (Å²) in [7, 11) is 1.56. The Kier molecular flexibility index (Phi) is 6.93. The van der Waals surface area contributed by atoms with Crippen molar-refractivity contribution in [2.45, 2.75) is 99.3 Å². The first-order valence-electron chi connectivity index (χ1n) is 16.6. The summed E-state index contributed by atoms with van der Waals surface area (Å²) in [5, 5.41) is 20.4. The van der Waals surface area contributed by atoms with E-state index in [1.54, 1.807) is 13.2 Å². The van der Waals surface area contributed by atoms with Crippen molar-refractivity contribution in [3.63, 3.8) is 0 Å². The molecular formula is C38H54O4. The number of methoxy groups -OCH3 is 1. The highest BCUT2D eigenvalue weighted by Crippen LogP contribution is 2.77. The van der Waals surface area contributed by atoms with E-state index in [0.29, 0.717) is 41.9 Å². The van der Waals surface area contributed by atoms with Crippen molar-refractivity contribution in [3.8, 4) is 5.75 Å². The minimum Gasteiger partial charge on any atom is -0.496 e. The maximum absolute atomic E-state index is 11.8. The topological polar surface area (TPSA) is 66.8 Å². The fourth-order valence-corrected chi connectivity index (χ4v) is 12.7. The van der Waals surface area contributed by atoms with Crippen LogP contribution in [0.4, 0.5) is 0 Å². The van der Waals surface area contributed by atoms with E-state index < -0.39 is 5.97 Å². The molecule has 0 aromatic heterocycles. The Morgan fingerprint density at radius 2 is 1.71 bits per heavy atom. The van der Waals surface area contributed by atoms with E-state index in [1.807, 2.05) is 12.1 Å². The third-order valence-corrected chi connectivity index (χ3v) is 14.9. The van der Waals surface area contributed by atoms with Crippen LogP contribution in [0.2, 0.25) is 0 Å². The quantitative estimate of drug-likeness (QED) is 0.344. The van der Waals surface area contributed by atoms with Gasteiger partial charge in [-0.3, -0.25) is 0 Å². The number of aromatic carboxylic acids is 1. The molecule has 1 aromatic rings. The molecule has 5 aliphatic rings. The van der Waals surface area contributed by atoms with Crippen LogP contribution in [0.3, 0.4) is 0 Å². The summed E-state index contributed by atoms with van der Waals surface area (Å²) in [6, 6.07) is 5.63. The monoisotopic (exact) mass is 574 g/mol. The van der Waals surface area contributed by atoms with Gasteiger partial charge < -0.3 is 14.9 Å². The number of rotatable bonds is 5. The first-order valence-corrected chi connectivity index (χ1v) is 16.6. The van der Waals surface area contributed by atoms with Crippen molar-refractivity contribution in [1.82, 2.24) is 0 Å². The molecule has 4 nitrogen and oxygen atoms in total. The van der Waals surface area contributed by atoms with E-state index in [0.717, 1.165) is 24.8 Å². The second-order valence-corrected chi connectivity index (χ2v) is 16.5. The normalized spacial score (nSPS) is 43.7. The highest BCUT2D eigenvalue weighted by Gasteiger charge is 2.70. The zero-order valence-electron chi connectivity index (χ0n) is 27.2. The Hall–Kier alpha value is -2.07. The highest BCUT2D eigenvalue weighted by atomic mass is 16.5. The maximum Gasteiger partial charge on any atom is 0.339 e. The molecule has 4 fully saturated rings. The zero-order valence-corrected chi connectivity index (χ0v) is 27.2. The smallest absolute Gasteiger partial charge is 0.339 e. The lowest BCUT2D eigenvalue weighted by Crippen LogP contribution is -2.65. The molecule has 0 radical (unpaired) electrons. The molecule has 230 valence electrons. The van der Waals surface area contributed by atoms with Gasteiger partial charge >= 0.3 is 5.97 Å². The number of ether oxygens (including phenoxy) is 1. The van der Waals surface area contributed by atoms with Gasteiger partial charge in [-0.25, -0.2) is 4.79 Å². The van der Waals surface area contributed by atoms with E-state index in [2.05, 4.69) is 54.2 Å². The average molecular weight is 575 g/mol. The molecule has 1 unspecified atom stereocenters. The molecule has 0 amide bonds. The number of hydrogen-bond donors (Lipinski definition) is 2. The number of carbonyl (C=O) groups is 1. The van der Waals surface area contributed by atoms with Gasteiger partial charge in [0.15, 0.2) is 0 Å². The van der Waals surface area contributed by atoms with Gasteiger partial charge in [-0.1, -0.05) is 58.9 Å². The summed E-state index contributed by atoms with van der Waals surface area (Å²) in [5.74, 6) is 2.48. The minimum atomic E-state index is -0.954. The number of carboxylic acid groups (broad SMARTS) is 1. The summed E-state index contributed by atoms with van der Waals surface area (Å²) in [5.41, 5.74) is 4.81. The molecule has 0 spiro atoms. The Morgan fingerprint density at radius 3 is 2.36 bits per heavy atom. The molecule has 0 bridgehead atoms. The predicted molar refractivity (Wildman–Crippen MR) is 169 cm³/mol. The summed E-state index contributed by atoms with van der Waals surface area (Å²) >= 11 is 0. The first-order chi connectivity index (χ1) is 19.7. The van der Waals surface area contributed by atoms with Crippen molar-refractivity contribution in [2.75, 3.05) is 13.7 Å². The van der Waals surface area contributed by atoms with Gasteiger partial charge in [0.25, 0.3) is 0 Å². The summed E-state index contributed by atoms with van der Waals surface area (Å²) in [6.07, 6.45) is 13.4. The Bertz CT molecular complexity index is 1320. The second kappa shape index (κ2) is 9.71. The molecule has 42 heavy (non-hydrogen) atoms. The minimum absolute atomic E-state index is 0.0308. The molecule has 1 aromatic carbocycles. The van der Waals surface area contributed by atoms with Crippen LogP contribution in [-0.4, -0.2) is 29.9 Å². The Balaban J connectivity index is 1.37. The van der Waals surface area contributed by atoms with E-state index in [9.17, 15) is 15.0 Å². The number of hydrogen-bond acceptors (Lipinski definition) is 3. The highest BCUT2D eigenvalue weighted by molar-refractivity contribution is 5.91. The van der Waals surface area contributed by atoms with Crippen molar-refractivity contribution in [2.24, 2.45) is 56.7 Å². The molecule has 0 aliphatic heterocycles. The second-order valence-electron chi connectivity index (χ2n) is 16.5. The molecule has 4 heteroatoms. The van der Waals surface area contributed by atoms with Gasteiger partial charge in [0.2, 0.25) is 0 Å². The molecule has 0 saturated heterocycles. The molecule has 2 N–H and O–H groups in total. The summed E-state index contributed by atoms with van der Waals surface area (Å²) in [4.78, 5) is 11.8. The molecule has 5 aliphatic carbocycles.